The minimum Gasteiger partial charge on any atom is -0.398 e. The van der Waals surface area contributed by atoms with Crippen LogP contribution < -0.4 is 11.1 Å². The fourth-order valence-electron chi connectivity index (χ4n) is 1.21. The van der Waals surface area contributed by atoms with Gasteiger partial charge in [0.05, 0.1) is 6.10 Å². The van der Waals surface area contributed by atoms with Crippen molar-refractivity contribution in [3.05, 3.63) is 29.8 Å². The number of hydrogen-bond acceptors (Lipinski definition) is 3. The second kappa shape index (κ2) is 5.62. The van der Waals surface area contributed by atoms with Crippen LogP contribution in [0.5, 0.6) is 0 Å². The summed E-state index contributed by atoms with van der Waals surface area (Å²) in [7, 11) is 0. The average Bonchev–Trinajstić information content (AvgIpc) is 2.20. The third-order valence-corrected chi connectivity index (χ3v) is 2.22. The van der Waals surface area contributed by atoms with Gasteiger partial charge in [-0.3, -0.25) is 0 Å². The van der Waals surface area contributed by atoms with Gasteiger partial charge in [-0.25, -0.2) is 0 Å². The van der Waals surface area contributed by atoms with Crippen LogP contribution in [0.1, 0.15) is 18.9 Å². The molecule has 4 N–H and O–H groups in total. The van der Waals surface area contributed by atoms with Crippen molar-refractivity contribution in [3.8, 4) is 0 Å². The number of aliphatic hydroxyl groups excluding tert-OH is 1. The van der Waals surface area contributed by atoms with Gasteiger partial charge < -0.3 is 16.2 Å². The molecule has 0 saturated carbocycles. The molecule has 0 fully saturated rings. The summed E-state index contributed by atoms with van der Waals surface area (Å²) >= 11 is 0. The summed E-state index contributed by atoms with van der Waals surface area (Å²) < 4.78 is 0. The Morgan fingerprint density at radius 2 is 2.14 bits per heavy atom. The highest BCUT2D eigenvalue weighted by atomic mass is 16.3. The zero-order valence-electron chi connectivity index (χ0n) is 8.53. The van der Waals surface area contributed by atoms with E-state index in [4.69, 9.17) is 5.73 Å². The molecule has 1 atom stereocenters. The lowest BCUT2D eigenvalue weighted by Crippen LogP contribution is -2.25. The lowest BCUT2D eigenvalue weighted by Gasteiger charge is -2.10. The van der Waals surface area contributed by atoms with E-state index in [1.54, 1.807) is 0 Å². The Labute approximate surface area is 84.9 Å². The summed E-state index contributed by atoms with van der Waals surface area (Å²) in [5, 5.41) is 12.5. The molecule has 0 aliphatic carbocycles. The number of benzene rings is 1. The predicted octanol–water partition coefficient (Wildman–Crippen LogP) is 1.13. The number of aliphatic hydroxyl groups is 1. The Kier molecular flexibility index (Phi) is 4.43. The summed E-state index contributed by atoms with van der Waals surface area (Å²) in [5.74, 6) is 0. The van der Waals surface area contributed by atoms with Crippen LogP contribution >= 0.6 is 0 Å². The molecule has 0 heterocycles. The van der Waals surface area contributed by atoms with Crippen molar-refractivity contribution < 1.29 is 5.11 Å². The molecule has 0 aliphatic heterocycles. The quantitative estimate of drug-likeness (QED) is 0.616. The third kappa shape index (κ3) is 3.36. The number of rotatable bonds is 5. The number of hydrogen-bond donors (Lipinski definition) is 3. The first-order chi connectivity index (χ1) is 6.74. The monoisotopic (exact) mass is 194 g/mol. The van der Waals surface area contributed by atoms with Crippen LogP contribution in [-0.4, -0.2) is 17.8 Å². The van der Waals surface area contributed by atoms with E-state index in [-0.39, 0.29) is 6.10 Å². The van der Waals surface area contributed by atoms with Crippen LogP contribution in [0.3, 0.4) is 0 Å². The highest BCUT2D eigenvalue weighted by Gasteiger charge is 2.00. The first-order valence-corrected chi connectivity index (χ1v) is 4.96. The van der Waals surface area contributed by atoms with Crippen molar-refractivity contribution in [3.63, 3.8) is 0 Å². The van der Waals surface area contributed by atoms with Crippen LogP contribution in [0.15, 0.2) is 24.3 Å². The standard InChI is InChI=1S/C11H18N2O/c1-2-10(14)8-13-7-9-5-3-4-6-11(9)12/h3-6,10,13-14H,2,7-8,12H2,1H3. The number of nitrogens with two attached hydrogens (primary N) is 1. The van der Waals surface area contributed by atoms with Gasteiger partial charge in [0.2, 0.25) is 0 Å². The maximum atomic E-state index is 9.31. The molecular formula is C11H18N2O. The van der Waals surface area contributed by atoms with Crippen molar-refractivity contribution in [1.29, 1.82) is 0 Å². The third-order valence-electron chi connectivity index (χ3n) is 2.22. The molecule has 1 aromatic carbocycles. The lowest BCUT2D eigenvalue weighted by molar-refractivity contribution is 0.167. The summed E-state index contributed by atoms with van der Waals surface area (Å²) in [6, 6.07) is 7.75. The molecule has 0 aromatic heterocycles. The molecule has 0 bridgehead atoms. The van der Waals surface area contributed by atoms with Crippen LogP contribution in [0, 0.1) is 0 Å². The van der Waals surface area contributed by atoms with Gasteiger partial charge in [0.1, 0.15) is 0 Å². The van der Waals surface area contributed by atoms with Gasteiger partial charge in [0.15, 0.2) is 0 Å². The van der Waals surface area contributed by atoms with Gasteiger partial charge in [-0.15, -0.1) is 0 Å². The average molecular weight is 194 g/mol. The van der Waals surface area contributed by atoms with E-state index >= 15 is 0 Å². The molecule has 1 rings (SSSR count). The van der Waals surface area contributed by atoms with E-state index in [1.165, 1.54) is 0 Å². The minimum atomic E-state index is -0.264. The zero-order chi connectivity index (χ0) is 10.4. The van der Waals surface area contributed by atoms with E-state index in [1.807, 2.05) is 31.2 Å². The van der Waals surface area contributed by atoms with Crippen molar-refractivity contribution in [2.24, 2.45) is 0 Å². The zero-order valence-corrected chi connectivity index (χ0v) is 8.53. The summed E-state index contributed by atoms with van der Waals surface area (Å²) in [5.41, 5.74) is 7.64. The highest BCUT2D eigenvalue weighted by molar-refractivity contribution is 5.46. The van der Waals surface area contributed by atoms with Crippen LogP contribution in [0.25, 0.3) is 0 Å². The van der Waals surface area contributed by atoms with E-state index in [0.717, 1.165) is 17.7 Å². The van der Waals surface area contributed by atoms with Crippen LogP contribution in [0.4, 0.5) is 5.69 Å². The number of para-hydroxylation sites is 1. The molecule has 1 unspecified atom stereocenters. The second-order valence-corrected chi connectivity index (χ2v) is 3.39. The van der Waals surface area contributed by atoms with Crippen molar-refractivity contribution in [2.75, 3.05) is 12.3 Å². The Morgan fingerprint density at radius 3 is 2.79 bits per heavy atom. The highest BCUT2D eigenvalue weighted by Crippen LogP contribution is 2.09. The van der Waals surface area contributed by atoms with E-state index < -0.39 is 0 Å². The predicted molar refractivity (Wildman–Crippen MR) is 58.9 cm³/mol. The Balaban J connectivity index is 2.35. The van der Waals surface area contributed by atoms with Crippen molar-refractivity contribution >= 4 is 5.69 Å². The van der Waals surface area contributed by atoms with E-state index in [9.17, 15) is 5.11 Å². The molecule has 0 amide bonds. The van der Waals surface area contributed by atoms with Crippen LogP contribution in [-0.2, 0) is 6.54 Å². The maximum absolute atomic E-state index is 9.31. The van der Waals surface area contributed by atoms with Gasteiger partial charge in [-0.2, -0.15) is 0 Å². The van der Waals surface area contributed by atoms with Gasteiger partial charge in [-0.05, 0) is 18.1 Å². The number of anilines is 1. The molecule has 3 heteroatoms. The first-order valence-electron chi connectivity index (χ1n) is 4.96. The van der Waals surface area contributed by atoms with Crippen molar-refractivity contribution in [1.82, 2.24) is 5.32 Å². The van der Waals surface area contributed by atoms with Gasteiger partial charge >= 0.3 is 0 Å². The van der Waals surface area contributed by atoms with Gasteiger partial charge in [-0.1, -0.05) is 25.1 Å². The molecule has 14 heavy (non-hydrogen) atoms. The Morgan fingerprint density at radius 1 is 1.43 bits per heavy atom. The normalized spacial score (nSPS) is 12.7. The summed E-state index contributed by atoms with van der Waals surface area (Å²) in [4.78, 5) is 0. The minimum absolute atomic E-state index is 0.264. The van der Waals surface area contributed by atoms with Gasteiger partial charge in [0, 0.05) is 18.8 Å². The van der Waals surface area contributed by atoms with E-state index in [2.05, 4.69) is 5.32 Å². The molecule has 0 radical (unpaired) electrons. The fraction of sp³-hybridized carbons (Fsp3) is 0.455. The summed E-state index contributed by atoms with van der Waals surface area (Å²) in [6.45, 7) is 3.29. The second-order valence-electron chi connectivity index (χ2n) is 3.39. The topological polar surface area (TPSA) is 58.3 Å². The molecule has 0 saturated heterocycles. The molecule has 78 valence electrons. The lowest BCUT2D eigenvalue weighted by atomic mass is 10.2. The molecular weight excluding hydrogens is 176 g/mol. The fourth-order valence-corrected chi connectivity index (χ4v) is 1.21. The molecule has 3 nitrogen and oxygen atoms in total. The number of nitrogens with one attached hydrogen (secondary N) is 1. The summed E-state index contributed by atoms with van der Waals surface area (Å²) in [6.07, 6.45) is 0.511. The van der Waals surface area contributed by atoms with Crippen molar-refractivity contribution in [2.45, 2.75) is 26.0 Å². The van der Waals surface area contributed by atoms with Gasteiger partial charge in [0.25, 0.3) is 0 Å². The van der Waals surface area contributed by atoms with E-state index in [0.29, 0.717) is 13.1 Å². The molecule has 0 spiro atoms. The Hall–Kier alpha value is -1.06. The first kappa shape index (κ1) is 11.0. The number of nitrogen functional groups attached to an aromatic ring is 1. The molecule has 0 aliphatic rings. The molecule has 1 aromatic rings. The Bertz CT molecular complexity index is 276. The maximum Gasteiger partial charge on any atom is 0.0662 e. The SMILES string of the molecule is CCC(O)CNCc1ccccc1N. The largest absolute Gasteiger partial charge is 0.398 e. The smallest absolute Gasteiger partial charge is 0.0662 e. The van der Waals surface area contributed by atoms with Crippen LogP contribution in [0.2, 0.25) is 0 Å².